The van der Waals surface area contributed by atoms with Crippen LogP contribution >= 0.6 is 0 Å². The Morgan fingerprint density at radius 2 is 2.21 bits per heavy atom. The molecule has 0 amide bonds. The van der Waals surface area contributed by atoms with E-state index in [1.807, 2.05) is 13.0 Å². The minimum Gasteiger partial charge on any atom is -0.469 e. The normalized spacial score (nSPS) is 15.4. The molecule has 0 aliphatic heterocycles. The van der Waals surface area contributed by atoms with Gasteiger partial charge in [0.1, 0.15) is 5.76 Å². The van der Waals surface area contributed by atoms with Crippen LogP contribution in [0.3, 0.4) is 0 Å². The van der Waals surface area contributed by atoms with E-state index in [1.165, 1.54) is 12.8 Å². The van der Waals surface area contributed by atoms with Gasteiger partial charge in [-0.2, -0.15) is 0 Å². The van der Waals surface area contributed by atoms with Crippen LogP contribution in [0, 0.1) is 12.8 Å². The number of hydrogen-bond acceptors (Lipinski definition) is 2. The number of furan rings is 1. The van der Waals surface area contributed by atoms with E-state index in [9.17, 15) is 5.11 Å². The highest BCUT2D eigenvalue weighted by atomic mass is 16.3. The molecule has 0 bridgehead atoms. The van der Waals surface area contributed by atoms with E-state index in [2.05, 4.69) is 13.8 Å². The van der Waals surface area contributed by atoms with Crippen LogP contribution in [0.2, 0.25) is 0 Å². The zero-order valence-corrected chi connectivity index (χ0v) is 9.29. The van der Waals surface area contributed by atoms with Crippen LogP contribution < -0.4 is 0 Å². The van der Waals surface area contributed by atoms with Gasteiger partial charge in [0.2, 0.25) is 0 Å². The van der Waals surface area contributed by atoms with Crippen molar-refractivity contribution in [3.8, 4) is 0 Å². The Hall–Kier alpha value is -0.760. The smallest absolute Gasteiger partial charge is 0.106 e. The predicted octanol–water partition coefficient (Wildman–Crippen LogP) is 3.45. The molecule has 0 fully saturated rings. The molecule has 1 aromatic heterocycles. The lowest BCUT2D eigenvalue weighted by Crippen LogP contribution is -2.04. The van der Waals surface area contributed by atoms with Crippen molar-refractivity contribution in [2.45, 2.75) is 46.1 Å². The van der Waals surface area contributed by atoms with Crippen LogP contribution in [0.25, 0.3) is 0 Å². The summed E-state index contributed by atoms with van der Waals surface area (Å²) in [4.78, 5) is 0. The Kier molecular flexibility index (Phi) is 4.21. The summed E-state index contributed by atoms with van der Waals surface area (Å²) >= 11 is 0. The largest absolute Gasteiger partial charge is 0.469 e. The van der Waals surface area contributed by atoms with Crippen molar-refractivity contribution in [1.29, 1.82) is 0 Å². The monoisotopic (exact) mass is 196 g/mol. The lowest BCUT2D eigenvalue weighted by molar-refractivity contribution is 0.143. The molecule has 2 atom stereocenters. The van der Waals surface area contributed by atoms with Crippen LogP contribution in [-0.2, 0) is 0 Å². The van der Waals surface area contributed by atoms with E-state index >= 15 is 0 Å². The topological polar surface area (TPSA) is 33.4 Å². The second kappa shape index (κ2) is 5.20. The molecule has 0 radical (unpaired) electrons. The second-order valence-corrected chi connectivity index (χ2v) is 4.08. The number of aryl methyl sites for hydroxylation is 1. The summed E-state index contributed by atoms with van der Waals surface area (Å²) in [6, 6.07) is 1.86. The summed E-state index contributed by atoms with van der Waals surface area (Å²) in [6.45, 7) is 6.25. The summed E-state index contributed by atoms with van der Waals surface area (Å²) in [5, 5.41) is 9.93. The molecule has 1 aromatic rings. The molecule has 2 unspecified atom stereocenters. The third kappa shape index (κ3) is 2.88. The van der Waals surface area contributed by atoms with E-state index in [1.54, 1.807) is 6.26 Å². The zero-order valence-electron chi connectivity index (χ0n) is 9.29. The SMILES string of the molecule is CCCC(C)CC(O)c1ccoc1C. The lowest BCUT2D eigenvalue weighted by Gasteiger charge is -2.15. The molecule has 0 aliphatic rings. The first-order chi connectivity index (χ1) is 6.65. The standard InChI is InChI=1S/C12H20O2/c1-4-5-9(2)8-12(13)11-6-7-14-10(11)3/h6-7,9,12-13H,4-5,8H2,1-3H3. The maximum Gasteiger partial charge on any atom is 0.106 e. The van der Waals surface area contributed by atoms with Crippen LogP contribution in [-0.4, -0.2) is 5.11 Å². The average molecular weight is 196 g/mol. The van der Waals surface area contributed by atoms with Gasteiger partial charge in [0.05, 0.1) is 12.4 Å². The fourth-order valence-corrected chi connectivity index (χ4v) is 1.86. The van der Waals surface area contributed by atoms with Gasteiger partial charge in [-0.1, -0.05) is 26.7 Å². The second-order valence-electron chi connectivity index (χ2n) is 4.08. The Bertz CT molecular complexity index is 265. The highest BCUT2D eigenvalue weighted by Crippen LogP contribution is 2.26. The third-order valence-electron chi connectivity index (χ3n) is 2.67. The molecule has 2 nitrogen and oxygen atoms in total. The molecule has 80 valence electrons. The molecular weight excluding hydrogens is 176 g/mol. The number of aliphatic hydroxyl groups excluding tert-OH is 1. The molecule has 1 N–H and O–H groups in total. The summed E-state index contributed by atoms with van der Waals surface area (Å²) in [6.07, 6.45) is 4.45. The van der Waals surface area contributed by atoms with E-state index in [0.717, 1.165) is 17.7 Å². The molecule has 0 saturated carbocycles. The maximum atomic E-state index is 9.93. The fraction of sp³-hybridized carbons (Fsp3) is 0.667. The first-order valence-electron chi connectivity index (χ1n) is 5.37. The molecule has 0 aromatic carbocycles. The Labute approximate surface area is 85.9 Å². The van der Waals surface area contributed by atoms with Crippen molar-refractivity contribution in [3.05, 3.63) is 23.7 Å². The van der Waals surface area contributed by atoms with Gasteiger partial charge in [-0.05, 0) is 25.3 Å². The van der Waals surface area contributed by atoms with Gasteiger partial charge >= 0.3 is 0 Å². The first-order valence-corrected chi connectivity index (χ1v) is 5.37. The van der Waals surface area contributed by atoms with Crippen molar-refractivity contribution in [2.24, 2.45) is 5.92 Å². The van der Waals surface area contributed by atoms with E-state index in [-0.39, 0.29) is 6.10 Å². The third-order valence-corrected chi connectivity index (χ3v) is 2.67. The zero-order chi connectivity index (χ0) is 10.6. The first kappa shape index (κ1) is 11.3. The van der Waals surface area contributed by atoms with Crippen LogP contribution in [0.15, 0.2) is 16.7 Å². The number of rotatable bonds is 5. The van der Waals surface area contributed by atoms with Gasteiger partial charge in [-0.25, -0.2) is 0 Å². The van der Waals surface area contributed by atoms with Gasteiger partial charge in [0.15, 0.2) is 0 Å². The predicted molar refractivity (Wildman–Crippen MR) is 57.1 cm³/mol. The molecule has 1 rings (SSSR count). The summed E-state index contributed by atoms with van der Waals surface area (Å²) in [5.41, 5.74) is 0.938. The molecule has 1 heterocycles. The molecular formula is C12H20O2. The molecule has 0 aliphatic carbocycles. The van der Waals surface area contributed by atoms with Crippen molar-refractivity contribution < 1.29 is 9.52 Å². The van der Waals surface area contributed by atoms with Crippen LogP contribution in [0.4, 0.5) is 0 Å². The van der Waals surface area contributed by atoms with E-state index in [0.29, 0.717) is 5.92 Å². The van der Waals surface area contributed by atoms with E-state index in [4.69, 9.17) is 4.42 Å². The Morgan fingerprint density at radius 3 is 2.71 bits per heavy atom. The summed E-state index contributed by atoms with van der Waals surface area (Å²) in [5.74, 6) is 1.41. The van der Waals surface area contributed by atoms with Crippen LogP contribution in [0.5, 0.6) is 0 Å². The van der Waals surface area contributed by atoms with Crippen molar-refractivity contribution in [2.75, 3.05) is 0 Å². The summed E-state index contributed by atoms with van der Waals surface area (Å²) in [7, 11) is 0. The van der Waals surface area contributed by atoms with Crippen molar-refractivity contribution in [1.82, 2.24) is 0 Å². The molecule has 14 heavy (non-hydrogen) atoms. The lowest BCUT2D eigenvalue weighted by atomic mass is 9.95. The fourth-order valence-electron chi connectivity index (χ4n) is 1.86. The highest BCUT2D eigenvalue weighted by Gasteiger charge is 2.15. The molecule has 0 saturated heterocycles. The van der Waals surface area contributed by atoms with Gasteiger partial charge in [-0.3, -0.25) is 0 Å². The van der Waals surface area contributed by atoms with Gasteiger partial charge in [-0.15, -0.1) is 0 Å². The Balaban J connectivity index is 2.50. The van der Waals surface area contributed by atoms with Gasteiger partial charge < -0.3 is 9.52 Å². The average Bonchev–Trinajstić information content (AvgIpc) is 2.51. The molecule has 0 spiro atoms. The van der Waals surface area contributed by atoms with Crippen molar-refractivity contribution >= 4 is 0 Å². The van der Waals surface area contributed by atoms with Gasteiger partial charge in [0, 0.05) is 5.56 Å². The van der Waals surface area contributed by atoms with Crippen molar-refractivity contribution in [3.63, 3.8) is 0 Å². The van der Waals surface area contributed by atoms with Crippen LogP contribution in [0.1, 0.15) is 50.5 Å². The highest BCUT2D eigenvalue weighted by molar-refractivity contribution is 5.18. The van der Waals surface area contributed by atoms with Gasteiger partial charge in [0.25, 0.3) is 0 Å². The number of hydrogen-bond donors (Lipinski definition) is 1. The number of aliphatic hydroxyl groups is 1. The minimum absolute atomic E-state index is 0.365. The summed E-state index contributed by atoms with van der Waals surface area (Å²) < 4.78 is 5.17. The quantitative estimate of drug-likeness (QED) is 0.782. The minimum atomic E-state index is -0.365. The van der Waals surface area contributed by atoms with E-state index < -0.39 is 0 Å². The maximum absolute atomic E-state index is 9.93. The Morgan fingerprint density at radius 1 is 1.50 bits per heavy atom. The molecule has 2 heteroatoms.